The van der Waals surface area contributed by atoms with E-state index in [-0.39, 0.29) is 12.0 Å². The Hall–Kier alpha value is -1.22. The Morgan fingerprint density at radius 3 is 2.87 bits per heavy atom. The molecule has 80 valence electrons. The molecule has 0 aromatic heterocycles. The molecule has 15 heavy (non-hydrogen) atoms. The Bertz CT molecular complexity index is 388. The number of halogens is 1. The third kappa shape index (κ3) is 2.42. The van der Waals surface area contributed by atoms with E-state index >= 15 is 0 Å². The van der Waals surface area contributed by atoms with Gasteiger partial charge < -0.3 is 10.1 Å². The normalized spacial score (nSPS) is 14.8. The minimum atomic E-state index is -0.132. The van der Waals surface area contributed by atoms with Crippen molar-refractivity contribution in [2.45, 2.75) is 18.9 Å². The largest absolute Gasteiger partial charge is 0.489 e. The molecule has 1 aliphatic rings. The molecule has 0 saturated heterocycles. The van der Waals surface area contributed by atoms with Gasteiger partial charge in [0.25, 0.3) is 5.91 Å². The quantitative estimate of drug-likeness (QED) is 0.857. The number of hydrogen-bond donors (Lipinski definition) is 1. The van der Waals surface area contributed by atoms with E-state index in [1.54, 1.807) is 25.2 Å². The van der Waals surface area contributed by atoms with Gasteiger partial charge >= 0.3 is 0 Å². The molecule has 1 aromatic carbocycles. The van der Waals surface area contributed by atoms with E-state index in [0.29, 0.717) is 16.3 Å². The van der Waals surface area contributed by atoms with Gasteiger partial charge in [-0.1, -0.05) is 11.6 Å². The van der Waals surface area contributed by atoms with E-state index in [0.717, 1.165) is 12.8 Å². The van der Waals surface area contributed by atoms with E-state index in [2.05, 4.69) is 5.32 Å². The fourth-order valence-electron chi connectivity index (χ4n) is 1.24. The lowest BCUT2D eigenvalue weighted by molar-refractivity contribution is 0.0962. The van der Waals surface area contributed by atoms with E-state index in [1.807, 2.05) is 0 Å². The summed E-state index contributed by atoms with van der Waals surface area (Å²) in [7, 11) is 1.60. The standard InChI is InChI=1S/C11H12ClNO2/c1-13-11(14)7-2-5-9(12)10(6-7)15-8-3-4-8/h2,5-6,8H,3-4H2,1H3,(H,13,14). The Labute approximate surface area is 93.4 Å². The molecule has 0 bridgehead atoms. The molecule has 1 N–H and O–H groups in total. The molecule has 2 rings (SSSR count). The Morgan fingerprint density at radius 2 is 2.27 bits per heavy atom. The van der Waals surface area contributed by atoms with Crippen LogP contribution in [-0.4, -0.2) is 19.1 Å². The Balaban J connectivity index is 2.22. The first-order valence-corrected chi connectivity index (χ1v) is 5.27. The maximum Gasteiger partial charge on any atom is 0.251 e. The highest BCUT2D eigenvalue weighted by Crippen LogP contribution is 2.32. The summed E-state index contributed by atoms with van der Waals surface area (Å²) in [5.41, 5.74) is 0.567. The van der Waals surface area contributed by atoms with Crippen molar-refractivity contribution in [2.75, 3.05) is 7.05 Å². The van der Waals surface area contributed by atoms with Gasteiger partial charge in [0.05, 0.1) is 11.1 Å². The van der Waals surface area contributed by atoms with Gasteiger partial charge in [-0.2, -0.15) is 0 Å². The lowest BCUT2D eigenvalue weighted by Crippen LogP contribution is -2.17. The van der Waals surface area contributed by atoms with Crippen molar-refractivity contribution in [3.05, 3.63) is 28.8 Å². The molecule has 0 spiro atoms. The zero-order valence-electron chi connectivity index (χ0n) is 8.42. The zero-order chi connectivity index (χ0) is 10.8. The van der Waals surface area contributed by atoms with Gasteiger partial charge in [0, 0.05) is 12.6 Å². The minimum absolute atomic E-state index is 0.132. The summed E-state index contributed by atoms with van der Waals surface area (Å²) in [4.78, 5) is 11.4. The third-order valence-corrected chi connectivity index (χ3v) is 2.55. The third-order valence-electron chi connectivity index (χ3n) is 2.24. The van der Waals surface area contributed by atoms with Crippen molar-refractivity contribution < 1.29 is 9.53 Å². The molecule has 0 atom stereocenters. The van der Waals surface area contributed by atoms with Crippen LogP contribution < -0.4 is 10.1 Å². The lowest BCUT2D eigenvalue weighted by Gasteiger charge is -2.08. The van der Waals surface area contributed by atoms with Crippen LogP contribution in [0, 0.1) is 0 Å². The fraction of sp³-hybridized carbons (Fsp3) is 0.364. The second-order valence-electron chi connectivity index (χ2n) is 3.54. The molecule has 3 nitrogen and oxygen atoms in total. The Kier molecular flexibility index (Phi) is 2.82. The van der Waals surface area contributed by atoms with Crippen LogP contribution in [-0.2, 0) is 0 Å². The second kappa shape index (κ2) is 4.11. The van der Waals surface area contributed by atoms with Crippen molar-refractivity contribution in [3.63, 3.8) is 0 Å². The van der Waals surface area contributed by atoms with Crippen LogP contribution in [0.15, 0.2) is 18.2 Å². The average Bonchev–Trinajstić information content (AvgIpc) is 3.04. The van der Waals surface area contributed by atoms with Crippen LogP contribution in [0.1, 0.15) is 23.2 Å². The van der Waals surface area contributed by atoms with Gasteiger partial charge in [-0.05, 0) is 31.0 Å². The molecule has 0 aliphatic heterocycles. The number of amides is 1. The molecule has 1 amide bonds. The topological polar surface area (TPSA) is 38.3 Å². The molecule has 1 aromatic rings. The van der Waals surface area contributed by atoms with Crippen molar-refractivity contribution >= 4 is 17.5 Å². The first-order chi connectivity index (χ1) is 7.20. The molecule has 4 heteroatoms. The molecule has 1 aliphatic carbocycles. The summed E-state index contributed by atoms with van der Waals surface area (Å²) in [6.45, 7) is 0. The number of benzene rings is 1. The summed E-state index contributed by atoms with van der Waals surface area (Å²) < 4.78 is 5.58. The smallest absolute Gasteiger partial charge is 0.251 e. The van der Waals surface area contributed by atoms with Crippen LogP contribution in [0.25, 0.3) is 0 Å². The Morgan fingerprint density at radius 1 is 1.53 bits per heavy atom. The first-order valence-electron chi connectivity index (χ1n) is 4.89. The van der Waals surface area contributed by atoms with Gasteiger partial charge in [0.15, 0.2) is 0 Å². The second-order valence-corrected chi connectivity index (χ2v) is 3.95. The molecule has 1 saturated carbocycles. The van der Waals surface area contributed by atoms with Gasteiger partial charge in [-0.25, -0.2) is 0 Å². The molecule has 1 fully saturated rings. The van der Waals surface area contributed by atoms with E-state index in [4.69, 9.17) is 16.3 Å². The molecular weight excluding hydrogens is 214 g/mol. The number of nitrogens with one attached hydrogen (secondary N) is 1. The van der Waals surface area contributed by atoms with Crippen LogP contribution in [0.4, 0.5) is 0 Å². The van der Waals surface area contributed by atoms with E-state index < -0.39 is 0 Å². The number of carbonyl (C=O) groups is 1. The van der Waals surface area contributed by atoms with Gasteiger partial charge in [0.2, 0.25) is 0 Å². The van der Waals surface area contributed by atoms with Crippen molar-refractivity contribution in [2.24, 2.45) is 0 Å². The number of hydrogen-bond acceptors (Lipinski definition) is 2. The molecular formula is C11H12ClNO2. The number of carbonyl (C=O) groups excluding carboxylic acids is 1. The summed E-state index contributed by atoms with van der Waals surface area (Å²) in [6.07, 6.45) is 2.42. The predicted octanol–water partition coefficient (Wildman–Crippen LogP) is 2.24. The summed E-state index contributed by atoms with van der Waals surface area (Å²) in [6, 6.07) is 5.05. The van der Waals surface area contributed by atoms with Crippen LogP contribution in [0.3, 0.4) is 0 Å². The maximum atomic E-state index is 11.4. The van der Waals surface area contributed by atoms with E-state index in [1.165, 1.54) is 0 Å². The molecule has 0 unspecified atom stereocenters. The van der Waals surface area contributed by atoms with Gasteiger partial charge in [-0.15, -0.1) is 0 Å². The lowest BCUT2D eigenvalue weighted by atomic mass is 10.2. The zero-order valence-corrected chi connectivity index (χ0v) is 9.17. The van der Waals surface area contributed by atoms with Crippen molar-refractivity contribution in [1.82, 2.24) is 5.32 Å². The summed E-state index contributed by atoms with van der Waals surface area (Å²) in [5, 5.41) is 3.11. The fourth-order valence-corrected chi connectivity index (χ4v) is 1.41. The van der Waals surface area contributed by atoms with E-state index in [9.17, 15) is 4.79 Å². The van der Waals surface area contributed by atoms with Gasteiger partial charge in [0.1, 0.15) is 5.75 Å². The monoisotopic (exact) mass is 225 g/mol. The summed E-state index contributed by atoms with van der Waals surface area (Å²) in [5.74, 6) is 0.465. The van der Waals surface area contributed by atoms with Gasteiger partial charge in [-0.3, -0.25) is 4.79 Å². The molecule has 0 heterocycles. The van der Waals surface area contributed by atoms with Crippen LogP contribution >= 0.6 is 11.6 Å². The minimum Gasteiger partial charge on any atom is -0.489 e. The highest BCUT2D eigenvalue weighted by atomic mass is 35.5. The SMILES string of the molecule is CNC(=O)c1ccc(Cl)c(OC2CC2)c1. The predicted molar refractivity (Wildman–Crippen MR) is 58.5 cm³/mol. The number of ether oxygens (including phenoxy) is 1. The highest BCUT2D eigenvalue weighted by molar-refractivity contribution is 6.32. The first kappa shape index (κ1) is 10.3. The van der Waals surface area contributed by atoms with Crippen LogP contribution in [0.2, 0.25) is 5.02 Å². The highest BCUT2D eigenvalue weighted by Gasteiger charge is 2.24. The maximum absolute atomic E-state index is 11.4. The number of rotatable bonds is 3. The van der Waals surface area contributed by atoms with Crippen molar-refractivity contribution in [3.8, 4) is 5.75 Å². The van der Waals surface area contributed by atoms with Crippen molar-refractivity contribution in [1.29, 1.82) is 0 Å². The average molecular weight is 226 g/mol. The molecule has 0 radical (unpaired) electrons. The van der Waals surface area contributed by atoms with Crippen LogP contribution in [0.5, 0.6) is 5.75 Å². The summed E-state index contributed by atoms with van der Waals surface area (Å²) >= 11 is 5.96.